The maximum atomic E-state index is 10.1. The second-order valence-corrected chi connectivity index (χ2v) is 3.32. The molecule has 14 heavy (non-hydrogen) atoms. The smallest absolute Gasteiger partial charge is 0.320 e. The van der Waals surface area contributed by atoms with Crippen molar-refractivity contribution in [1.82, 2.24) is 0 Å². The fraction of sp³-hybridized carbons (Fsp3) is 0.778. The van der Waals surface area contributed by atoms with Crippen LogP contribution in [0.2, 0.25) is 0 Å². The second-order valence-electron chi connectivity index (χ2n) is 3.32. The fourth-order valence-electron chi connectivity index (χ4n) is 0.609. The first kappa shape index (κ1) is 15.4. The van der Waals surface area contributed by atoms with Gasteiger partial charge in [-0.1, -0.05) is 20.8 Å². The van der Waals surface area contributed by atoms with Gasteiger partial charge in [0.1, 0.15) is 6.04 Å². The minimum atomic E-state index is -0.913. The summed E-state index contributed by atoms with van der Waals surface area (Å²) in [5.74, 6) is -1.30. The molecule has 0 aromatic heterocycles. The van der Waals surface area contributed by atoms with Crippen LogP contribution in [0.15, 0.2) is 0 Å². The minimum absolute atomic E-state index is 0.222. The minimum Gasteiger partial charge on any atom is -0.481 e. The summed E-state index contributed by atoms with van der Waals surface area (Å²) in [6, 6.07) is -0.690. The number of carboxylic acid groups (broad SMARTS) is 2. The van der Waals surface area contributed by atoms with E-state index in [1.807, 2.05) is 13.8 Å². The quantitative estimate of drug-likeness (QED) is 0.633. The molecule has 0 aliphatic rings. The predicted molar refractivity (Wildman–Crippen MR) is 53.0 cm³/mol. The topological polar surface area (TPSA) is 101 Å². The molecule has 0 rings (SSSR count). The van der Waals surface area contributed by atoms with E-state index < -0.39 is 18.0 Å². The van der Waals surface area contributed by atoms with Crippen LogP contribution in [0.4, 0.5) is 0 Å². The van der Waals surface area contributed by atoms with Crippen molar-refractivity contribution in [3.05, 3.63) is 0 Å². The summed E-state index contributed by atoms with van der Waals surface area (Å²) in [7, 11) is 0. The number of hydrogen-bond donors (Lipinski definition) is 3. The number of aliphatic carboxylic acids is 2. The Balaban J connectivity index is 0. The molecule has 84 valence electrons. The van der Waals surface area contributed by atoms with E-state index >= 15 is 0 Å². The zero-order valence-electron chi connectivity index (χ0n) is 8.86. The van der Waals surface area contributed by atoms with Crippen LogP contribution < -0.4 is 5.73 Å². The summed E-state index contributed by atoms with van der Waals surface area (Å²) in [5.41, 5.74) is 5.22. The molecule has 0 unspecified atom stereocenters. The van der Waals surface area contributed by atoms with Crippen molar-refractivity contribution in [1.29, 1.82) is 0 Å². The molecule has 5 heteroatoms. The lowest BCUT2D eigenvalue weighted by Gasteiger charge is -2.07. The Morgan fingerprint density at radius 3 is 1.71 bits per heavy atom. The van der Waals surface area contributed by atoms with Gasteiger partial charge in [-0.25, -0.2) is 0 Å². The molecule has 0 amide bonds. The summed E-state index contributed by atoms with van der Waals surface area (Å²) in [6.07, 6.45) is 0.773. The molecule has 0 radical (unpaired) electrons. The second kappa shape index (κ2) is 8.50. The van der Waals surface area contributed by atoms with Gasteiger partial charge in [0, 0.05) is 6.42 Å². The lowest BCUT2D eigenvalue weighted by atomic mass is 10.1. The SMILES string of the molecule is CC(C)C[C@H](N)C(=O)O.CCC(=O)O. The first-order valence-electron chi connectivity index (χ1n) is 4.51. The van der Waals surface area contributed by atoms with E-state index in [0.717, 1.165) is 0 Å². The van der Waals surface area contributed by atoms with E-state index in [1.54, 1.807) is 6.92 Å². The third-order valence-corrected chi connectivity index (χ3v) is 1.34. The van der Waals surface area contributed by atoms with E-state index in [2.05, 4.69) is 0 Å². The Kier molecular flexibility index (Phi) is 9.33. The van der Waals surface area contributed by atoms with Gasteiger partial charge in [-0.2, -0.15) is 0 Å². The molecule has 0 aromatic rings. The normalized spacial score (nSPS) is 11.5. The first-order chi connectivity index (χ1) is 6.31. The Bertz CT molecular complexity index is 180. The first-order valence-corrected chi connectivity index (χ1v) is 4.51. The van der Waals surface area contributed by atoms with E-state index in [4.69, 9.17) is 15.9 Å². The molecule has 5 nitrogen and oxygen atoms in total. The number of nitrogens with two attached hydrogens (primary N) is 1. The van der Waals surface area contributed by atoms with Gasteiger partial charge in [-0.15, -0.1) is 0 Å². The van der Waals surface area contributed by atoms with Crippen molar-refractivity contribution < 1.29 is 19.8 Å². The number of hydrogen-bond acceptors (Lipinski definition) is 3. The molecule has 0 aliphatic heterocycles. The summed E-state index contributed by atoms with van der Waals surface area (Å²) in [4.78, 5) is 19.5. The molecule has 0 saturated carbocycles. The van der Waals surface area contributed by atoms with Crippen LogP contribution in [0.3, 0.4) is 0 Å². The van der Waals surface area contributed by atoms with Gasteiger partial charge in [-0.3, -0.25) is 9.59 Å². The molecule has 0 heterocycles. The summed E-state index contributed by atoms with van der Waals surface area (Å²) in [5, 5.41) is 16.0. The number of carboxylic acids is 2. The van der Waals surface area contributed by atoms with Crippen LogP contribution in [-0.2, 0) is 9.59 Å². The Morgan fingerprint density at radius 1 is 1.29 bits per heavy atom. The Labute approximate surface area is 83.9 Å². The maximum Gasteiger partial charge on any atom is 0.320 e. The third-order valence-electron chi connectivity index (χ3n) is 1.34. The number of carbonyl (C=O) groups is 2. The van der Waals surface area contributed by atoms with E-state index in [1.165, 1.54) is 0 Å². The molecular formula is C9H19NO4. The van der Waals surface area contributed by atoms with Crippen molar-refractivity contribution in [2.24, 2.45) is 11.7 Å². The predicted octanol–water partition coefficient (Wildman–Crippen LogP) is 0.925. The highest BCUT2D eigenvalue weighted by Crippen LogP contribution is 2.01. The average Bonchev–Trinajstić information content (AvgIpc) is 2.04. The molecule has 4 N–H and O–H groups in total. The standard InChI is InChI=1S/C6H13NO2.C3H6O2/c1-4(2)3-5(7)6(8)9;1-2-3(4)5/h4-5H,3,7H2,1-2H3,(H,8,9);2H2,1H3,(H,4,5)/t5-;/m0./s1. The van der Waals surface area contributed by atoms with Crippen LogP contribution in [0.25, 0.3) is 0 Å². The lowest BCUT2D eigenvalue weighted by molar-refractivity contribution is -0.139. The molecule has 0 aliphatic carbocycles. The lowest BCUT2D eigenvalue weighted by Crippen LogP contribution is -2.31. The molecular weight excluding hydrogens is 186 g/mol. The zero-order chi connectivity index (χ0) is 11.7. The Morgan fingerprint density at radius 2 is 1.64 bits per heavy atom. The third kappa shape index (κ3) is 13.5. The van der Waals surface area contributed by atoms with Crippen LogP contribution in [0.5, 0.6) is 0 Å². The summed E-state index contributed by atoms with van der Waals surface area (Å²) < 4.78 is 0. The van der Waals surface area contributed by atoms with Gasteiger partial charge in [0.05, 0.1) is 0 Å². The van der Waals surface area contributed by atoms with Crippen molar-refractivity contribution in [2.75, 3.05) is 0 Å². The van der Waals surface area contributed by atoms with E-state index in [9.17, 15) is 9.59 Å². The average molecular weight is 205 g/mol. The van der Waals surface area contributed by atoms with Crippen LogP contribution in [0.1, 0.15) is 33.6 Å². The molecule has 0 saturated heterocycles. The highest BCUT2D eigenvalue weighted by atomic mass is 16.4. The molecule has 0 aromatic carbocycles. The van der Waals surface area contributed by atoms with Crippen LogP contribution in [-0.4, -0.2) is 28.2 Å². The van der Waals surface area contributed by atoms with Gasteiger partial charge >= 0.3 is 11.9 Å². The molecule has 0 fully saturated rings. The van der Waals surface area contributed by atoms with Crippen molar-refractivity contribution >= 4 is 11.9 Å². The largest absolute Gasteiger partial charge is 0.481 e. The van der Waals surface area contributed by atoms with Gasteiger partial charge in [0.25, 0.3) is 0 Å². The Hall–Kier alpha value is -1.10. The fourth-order valence-corrected chi connectivity index (χ4v) is 0.609. The van der Waals surface area contributed by atoms with E-state index in [0.29, 0.717) is 12.3 Å². The van der Waals surface area contributed by atoms with E-state index in [-0.39, 0.29) is 6.42 Å². The highest BCUT2D eigenvalue weighted by molar-refractivity contribution is 5.72. The van der Waals surface area contributed by atoms with Gasteiger partial charge in [-0.05, 0) is 12.3 Å². The van der Waals surface area contributed by atoms with Crippen molar-refractivity contribution in [3.63, 3.8) is 0 Å². The van der Waals surface area contributed by atoms with Crippen molar-refractivity contribution in [2.45, 2.75) is 39.7 Å². The molecule has 0 spiro atoms. The number of rotatable bonds is 4. The summed E-state index contributed by atoms with van der Waals surface area (Å²) in [6.45, 7) is 5.49. The monoisotopic (exact) mass is 205 g/mol. The van der Waals surface area contributed by atoms with Crippen LogP contribution in [0, 0.1) is 5.92 Å². The zero-order valence-corrected chi connectivity index (χ0v) is 8.86. The molecule has 1 atom stereocenters. The van der Waals surface area contributed by atoms with Gasteiger partial charge in [0.2, 0.25) is 0 Å². The maximum absolute atomic E-state index is 10.1. The highest BCUT2D eigenvalue weighted by Gasteiger charge is 2.11. The van der Waals surface area contributed by atoms with Crippen molar-refractivity contribution in [3.8, 4) is 0 Å². The van der Waals surface area contributed by atoms with Gasteiger partial charge in [0.15, 0.2) is 0 Å². The summed E-state index contributed by atoms with van der Waals surface area (Å²) >= 11 is 0. The molecule has 0 bridgehead atoms. The van der Waals surface area contributed by atoms with Gasteiger partial charge < -0.3 is 15.9 Å². The van der Waals surface area contributed by atoms with Crippen LogP contribution >= 0.6 is 0 Å².